The van der Waals surface area contributed by atoms with Gasteiger partial charge in [0, 0.05) is 0 Å². The second kappa shape index (κ2) is 6.70. The van der Waals surface area contributed by atoms with Crippen molar-refractivity contribution in [2.45, 2.75) is 13.0 Å². The van der Waals surface area contributed by atoms with Gasteiger partial charge in [-0.1, -0.05) is 24.3 Å². The molecule has 28 heavy (non-hydrogen) atoms. The minimum absolute atomic E-state index is 0.195. The molecule has 3 aromatic rings. The molecule has 2 heterocycles. The molecule has 1 unspecified atom stereocenters. The SMILES string of the molecule is CC(Oc1ccccc1N1C(=O)c2ccccc2C1=O)c1ccc(C(=O)O)o1. The van der Waals surface area contributed by atoms with E-state index in [1.165, 1.54) is 12.1 Å². The third-order valence-electron chi connectivity index (χ3n) is 4.44. The number of furan rings is 1. The monoisotopic (exact) mass is 377 g/mol. The third-order valence-corrected chi connectivity index (χ3v) is 4.44. The van der Waals surface area contributed by atoms with Crippen molar-refractivity contribution in [3.8, 4) is 5.75 Å². The summed E-state index contributed by atoms with van der Waals surface area (Å²) in [6, 6.07) is 16.2. The maximum atomic E-state index is 12.8. The van der Waals surface area contributed by atoms with Gasteiger partial charge in [0.15, 0.2) is 6.10 Å². The number of carbonyl (C=O) groups excluding carboxylic acids is 2. The molecule has 140 valence electrons. The van der Waals surface area contributed by atoms with Gasteiger partial charge >= 0.3 is 5.97 Å². The smallest absolute Gasteiger partial charge is 0.371 e. The average molecular weight is 377 g/mol. The fourth-order valence-electron chi connectivity index (χ4n) is 3.08. The number of rotatable bonds is 5. The molecule has 2 aromatic carbocycles. The van der Waals surface area contributed by atoms with E-state index < -0.39 is 23.9 Å². The van der Waals surface area contributed by atoms with Crippen LogP contribution >= 0.6 is 0 Å². The van der Waals surface area contributed by atoms with Gasteiger partial charge in [-0.05, 0) is 43.3 Å². The van der Waals surface area contributed by atoms with Crippen molar-refractivity contribution in [2.24, 2.45) is 0 Å². The van der Waals surface area contributed by atoms with E-state index in [2.05, 4.69) is 0 Å². The molecule has 4 rings (SSSR count). The minimum atomic E-state index is -1.18. The quantitative estimate of drug-likeness (QED) is 0.677. The summed E-state index contributed by atoms with van der Waals surface area (Å²) in [7, 11) is 0. The Morgan fingerprint density at radius 2 is 1.57 bits per heavy atom. The number of amides is 2. The average Bonchev–Trinajstić information content (AvgIpc) is 3.28. The summed E-state index contributed by atoms with van der Waals surface area (Å²) in [6.07, 6.45) is -0.635. The first-order chi connectivity index (χ1) is 13.5. The lowest BCUT2D eigenvalue weighted by Gasteiger charge is -2.20. The van der Waals surface area contributed by atoms with Gasteiger partial charge in [0.1, 0.15) is 11.5 Å². The van der Waals surface area contributed by atoms with Crippen molar-refractivity contribution in [3.63, 3.8) is 0 Å². The molecule has 0 aliphatic carbocycles. The molecule has 1 atom stereocenters. The van der Waals surface area contributed by atoms with E-state index in [0.717, 1.165) is 4.90 Å². The van der Waals surface area contributed by atoms with Crippen molar-refractivity contribution in [3.05, 3.63) is 83.3 Å². The molecule has 0 bridgehead atoms. The molecule has 2 amide bonds. The van der Waals surface area contributed by atoms with E-state index in [0.29, 0.717) is 28.3 Å². The van der Waals surface area contributed by atoms with Crippen LogP contribution in [0.25, 0.3) is 0 Å². The van der Waals surface area contributed by atoms with Gasteiger partial charge < -0.3 is 14.3 Å². The molecular weight excluding hydrogens is 362 g/mol. The Bertz CT molecular complexity index is 1060. The number of anilines is 1. The van der Waals surface area contributed by atoms with Crippen LogP contribution in [0, 0.1) is 0 Å². The maximum absolute atomic E-state index is 12.8. The number of hydrogen-bond acceptors (Lipinski definition) is 5. The molecular formula is C21H15NO6. The summed E-state index contributed by atoms with van der Waals surface area (Å²) in [6.45, 7) is 1.68. The van der Waals surface area contributed by atoms with Crippen LogP contribution < -0.4 is 9.64 Å². The van der Waals surface area contributed by atoms with Crippen LogP contribution in [0.4, 0.5) is 5.69 Å². The zero-order chi connectivity index (χ0) is 19.8. The summed E-state index contributed by atoms with van der Waals surface area (Å²) in [4.78, 5) is 37.6. The minimum Gasteiger partial charge on any atom is -0.481 e. The Morgan fingerprint density at radius 3 is 2.18 bits per heavy atom. The first-order valence-corrected chi connectivity index (χ1v) is 8.54. The summed E-state index contributed by atoms with van der Waals surface area (Å²) in [5, 5.41) is 8.99. The molecule has 7 nitrogen and oxygen atoms in total. The van der Waals surface area contributed by atoms with E-state index >= 15 is 0 Å². The van der Waals surface area contributed by atoms with Gasteiger partial charge in [-0.15, -0.1) is 0 Å². The van der Waals surface area contributed by atoms with Gasteiger partial charge in [-0.3, -0.25) is 9.59 Å². The molecule has 1 aliphatic heterocycles. The van der Waals surface area contributed by atoms with Crippen molar-refractivity contribution >= 4 is 23.5 Å². The normalized spacial score (nSPS) is 14.1. The highest BCUT2D eigenvalue weighted by atomic mass is 16.5. The maximum Gasteiger partial charge on any atom is 0.371 e. The second-order valence-electron chi connectivity index (χ2n) is 6.23. The van der Waals surface area contributed by atoms with Crippen molar-refractivity contribution in [1.82, 2.24) is 0 Å². The van der Waals surface area contributed by atoms with Crippen molar-refractivity contribution in [1.29, 1.82) is 0 Å². The number of carboxylic acid groups (broad SMARTS) is 1. The first kappa shape index (κ1) is 17.5. The number of nitrogens with zero attached hydrogens (tertiary/aromatic N) is 1. The summed E-state index contributed by atoms with van der Waals surface area (Å²) in [5.74, 6) is -1.60. The number of aromatic carboxylic acids is 1. The van der Waals surface area contributed by atoms with Gasteiger partial charge in [0.2, 0.25) is 5.76 Å². The lowest BCUT2D eigenvalue weighted by atomic mass is 10.1. The van der Waals surface area contributed by atoms with E-state index in [1.807, 2.05) is 0 Å². The number of imide groups is 1. The van der Waals surface area contributed by atoms with Crippen molar-refractivity contribution in [2.75, 3.05) is 4.90 Å². The largest absolute Gasteiger partial charge is 0.481 e. The highest BCUT2D eigenvalue weighted by molar-refractivity contribution is 6.34. The van der Waals surface area contributed by atoms with Crippen LogP contribution in [0.5, 0.6) is 5.75 Å². The van der Waals surface area contributed by atoms with E-state index in [-0.39, 0.29) is 5.76 Å². The number of ether oxygens (including phenoxy) is 1. The molecule has 0 spiro atoms. The Labute approximate surface area is 159 Å². The predicted molar refractivity (Wildman–Crippen MR) is 98.7 cm³/mol. The summed E-state index contributed by atoms with van der Waals surface area (Å²) >= 11 is 0. The fourth-order valence-corrected chi connectivity index (χ4v) is 3.08. The van der Waals surface area contributed by atoms with E-state index in [1.54, 1.807) is 55.5 Å². The predicted octanol–water partition coefficient (Wildman–Crippen LogP) is 3.92. The lowest BCUT2D eigenvalue weighted by Crippen LogP contribution is -2.29. The van der Waals surface area contributed by atoms with Crippen LogP contribution in [-0.2, 0) is 0 Å². The first-order valence-electron chi connectivity index (χ1n) is 8.54. The zero-order valence-corrected chi connectivity index (χ0v) is 14.8. The zero-order valence-electron chi connectivity index (χ0n) is 14.8. The molecule has 0 fully saturated rings. The standard InChI is InChI=1S/C21H15NO6/c1-12(16-10-11-18(28-16)21(25)26)27-17-9-5-4-8-15(17)22-19(23)13-6-2-3-7-14(13)20(22)24/h2-12H,1H3,(H,25,26). The third kappa shape index (κ3) is 2.83. The van der Waals surface area contributed by atoms with Crippen LogP contribution in [0.2, 0.25) is 0 Å². The molecule has 0 radical (unpaired) electrons. The number of carboxylic acids is 1. The Hall–Kier alpha value is -3.87. The molecule has 1 aliphatic rings. The second-order valence-corrected chi connectivity index (χ2v) is 6.23. The van der Waals surface area contributed by atoms with E-state index in [9.17, 15) is 14.4 Å². The number of benzene rings is 2. The van der Waals surface area contributed by atoms with Crippen LogP contribution in [-0.4, -0.2) is 22.9 Å². The van der Waals surface area contributed by atoms with Crippen LogP contribution in [0.15, 0.2) is 65.1 Å². The number of carbonyl (C=O) groups is 3. The molecule has 1 aromatic heterocycles. The van der Waals surface area contributed by atoms with Gasteiger partial charge in [-0.2, -0.15) is 0 Å². The molecule has 0 saturated heterocycles. The highest BCUT2D eigenvalue weighted by Crippen LogP contribution is 2.36. The molecule has 1 N–H and O–H groups in total. The van der Waals surface area contributed by atoms with Crippen LogP contribution in [0.3, 0.4) is 0 Å². The number of fused-ring (bicyclic) bond motifs is 1. The van der Waals surface area contributed by atoms with Crippen LogP contribution in [0.1, 0.15) is 50.1 Å². The molecule has 0 saturated carbocycles. The van der Waals surface area contributed by atoms with Crippen molar-refractivity contribution < 1.29 is 28.6 Å². The Kier molecular flexibility index (Phi) is 4.19. The lowest BCUT2D eigenvalue weighted by molar-refractivity contribution is 0.0654. The van der Waals surface area contributed by atoms with Gasteiger partial charge in [0.05, 0.1) is 16.8 Å². The number of hydrogen-bond donors (Lipinski definition) is 1. The number of para-hydroxylation sites is 2. The Morgan fingerprint density at radius 1 is 0.964 bits per heavy atom. The summed E-state index contributed by atoms with van der Waals surface area (Å²) < 4.78 is 11.2. The van der Waals surface area contributed by atoms with E-state index in [4.69, 9.17) is 14.3 Å². The van der Waals surface area contributed by atoms with Gasteiger partial charge in [-0.25, -0.2) is 9.69 Å². The fraction of sp³-hybridized carbons (Fsp3) is 0.0952. The Balaban J connectivity index is 1.65. The molecule has 7 heteroatoms. The summed E-state index contributed by atoms with van der Waals surface area (Å²) in [5.41, 5.74) is 0.991. The highest BCUT2D eigenvalue weighted by Gasteiger charge is 2.37. The van der Waals surface area contributed by atoms with Gasteiger partial charge in [0.25, 0.3) is 11.8 Å². The topological polar surface area (TPSA) is 97.0 Å².